The number of ether oxygens (including phenoxy) is 2. The van der Waals surface area contributed by atoms with E-state index in [1.54, 1.807) is 18.2 Å². The lowest BCUT2D eigenvalue weighted by Gasteiger charge is -2.32. The van der Waals surface area contributed by atoms with E-state index in [1.165, 1.54) is 0 Å². The Morgan fingerprint density at radius 2 is 1.85 bits per heavy atom. The van der Waals surface area contributed by atoms with Crippen molar-refractivity contribution in [1.82, 2.24) is 4.90 Å². The Morgan fingerprint density at radius 1 is 1.15 bits per heavy atom. The molecule has 3 rings (SSSR count). The topological polar surface area (TPSA) is 76.1 Å². The number of carbonyl (C=O) groups is 2. The maximum absolute atomic E-state index is 13.2. The molecule has 2 aliphatic rings. The van der Waals surface area contributed by atoms with Gasteiger partial charge in [0.1, 0.15) is 0 Å². The average molecular weight is 361 g/mol. The summed E-state index contributed by atoms with van der Waals surface area (Å²) in [5.41, 5.74) is -0.293. The molecule has 0 unspecified atom stereocenters. The van der Waals surface area contributed by atoms with Gasteiger partial charge >= 0.3 is 5.97 Å². The monoisotopic (exact) mass is 361 g/mol. The van der Waals surface area contributed by atoms with Crippen LogP contribution in [0.4, 0.5) is 0 Å². The number of carbonyl (C=O) groups excluding carboxylic acids is 1. The number of carboxylic acid groups (broad SMARTS) is 1. The van der Waals surface area contributed by atoms with Gasteiger partial charge in [0, 0.05) is 17.6 Å². The number of carboxylic acids is 1. The van der Waals surface area contributed by atoms with Crippen LogP contribution in [-0.2, 0) is 4.79 Å². The van der Waals surface area contributed by atoms with Crippen molar-refractivity contribution < 1.29 is 24.2 Å². The number of benzene rings is 1. The van der Waals surface area contributed by atoms with E-state index in [1.807, 2.05) is 25.7 Å². The zero-order valence-corrected chi connectivity index (χ0v) is 15.7. The molecular formula is C20H27NO5. The molecule has 2 heterocycles. The van der Waals surface area contributed by atoms with Crippen LogP contribution in [0, 0.1) is 5.41 Å². The van der Waals surface area contributed by atoms with Gasteiger partial charge in [-0.1, -0.05) is 6.92 Å². The van der Waals surface area contributed by atoms with Crippen molar-refractivity contribution in [3.63, 3.8) is 0 Å². The zero-order chi connectivity index (χ0) is 18.9. The maximum Gasteiger partial charge on any atom is 0.311 e. The summed E-state index contributed by atoms with van der Waals surface area (Å²) in [6.07, 6.45) is 2.72. The first-order valence-corrected chi connectivity index (χ1v) is 9.44. The van der Waals surface area contributed by atoms with Crippen LogP contribution in [-0.4, -0.2) is 47.2 Å². The summed E-state index contributed by atoms with van der Waals surface area (Å²) in [6.45, 7) is 6.67. The minimum atomic E-state index is -0.813. The Kier molecular flexibility index (Phi) is 5.12. The van der Waals surface area contributed by atoms with Crippen LogP contribution in [0.25, 0.3) is 0 Å². The first-order chi connectivity index (χ1) is 12.5. The Labute approximate surface area is 154 Å². The number of fused-ring (bicyclic) bond motifs is 2. The molecule has 142 valence electrons. The third-order valence-corrected chi connectivity index (χ3v) is 5.82. The van der Waals surface area contributed by atoms with Crippen molar-refractivity contribution in [2.24, 2.45) is 5.41 Å². The molecule has 2 fully saturated rings. The highest BCUT2D eigenvalue weighted by atomic mass is 16.5. The fourth-order valence-electron chi connectivity index (χ4n) is 4.58. The summed E-state index contributed by atoms with van der Waals surface area (Å²) >= 11 is 0. The van der Waals surface area contributed by atoms with Gasteiger partial charge in [0.15, 0.2) is 11.5 Å². The second kappa shape index (κ2) is 7.17. The van der Waals surface area contributed by atoms with Crippen LogP contribution in [0.3, 0.4) is 0 Å². The van der Waals surface area contributed by atoms with E-state index in [0.717, 1.165) is 12.8 Å². The molecule has 3 atom stereocenters. The highest BCUT2D eigenvalue weighted by molar-refractivity contribution is 5.96. The lowest BCUT2D eigenvalue weighted by molar-refractivity contribution is -0.151. The van der Waals surface area contributed by atoms with Crippen molar-refractivity contribution in [2.45, 2.75) is 58.5 Å². The molecule has 1 N–H and O–H groups in total. The molecule has 0 radical (unpaired) electrons. The third kappa shape index (κ3) is 2.81. The lowest BCUT2D eigenvalue weighted by atomic mass is 9.72. The normalized spacial score (nSPS) is 26.8. The van der Waals surface area contributed by atoms with Crippen molar-refractivity contribution >= 4 is 11.9 Å². The first kappa shape index (κ1) is 18.5. The summed E-state index contributed by atoms with van der Waals surface area (Å²) in [7, 11) is 0. The standard InChI is InChI=1S/C20H27NO5/c1-4-20(19(23)24)12-14-8-10-17(20)21(14)18(22)13-7-9-15(25-5-2)16(11-13)26-6-3/h7,9,11,14,17H,4-6,8,10,12H2,1-3H3,(H,23,24)/t14-,17+,20+/m0/s1. The molecule has 0 aliphatic carbocycles. The average Bonchev–Trinajstić information content (AvgIpc) is 3.19. The fraction of sp³-hybridized carbons (Fsp3) is 0.600. The van der Waals surface area contributed by atoms with Crippen LogP contribution in [0.2, 0.25) is 0 Å². The van der Waals surface area contributed by atoms with Gasteiger partial charge in [-0.2, -0.15) is 0 Å². The predicted molar refractivity (Wildman–Crippen MR) is 96.7 cm³/mol. The number of rotatable bonds is 7. The number of hydrogen-bond donors (Lipinski definition) is 1. The molecule has 0 aromatic heterocycles. The summed E-state index contributed by atoms with van der Waals surface area (Å²) in [4.78, 5) is 26.9. The highest BCUT2D eigenvalue weighted by Crippen LogP contribution is 2.52. The van der Waals surface area contributed by atoms with Gasteiger partial charge in [0.2, 0.25) is 0 Å². The first-order valence-electron chi connectivity index (χ1n) is 9.44. The molecule has 2 saturated heterocycles. The van der Waals surface area contributed by atoms with Crippen molar-refractivity contribution in [2.75, 3.05) is 13.2 Å². The molecule has 0 saturated carbocycles. The minimum absolute atomic E-state index is 0.00524. The lowest BCUT2D eigenvalue weighted by Crippen LogP contribution is -2.44. The van der Waals surface area contributed by atoms with Crippen LogP contribution in [0.1, 0.15) is 56.8 Å². The molecule has 1 amide bonds. The molecule has 6 nitrogen and oxygen atoms in total. The van der Waals surface area contributed by atoms with E-state index in [0.29, 0.717) is 43.1 Å². The SMILES string of the molecule is CCOc1ccc(C(=O)N2[C@H]3CC[C@@H]2[C@](CC)(C(=O)O)C3)cc1OCC. The quantitative estimate of drug-likeness (QED) is 0.806. The van der Waals surface area contributed by atoms with Crippen LogP contribution < -0.4 is 9.47 Å². The van der Waals surface area contributed by atoms with Gasteiger partial charge in [0.25, 0.3) is 5.91 Å². The highest BCUT2D eigenvalue weighted by Gasteiger charge is 2.60. The van der Waals surface area contributed by atoms with E-state index in [4.69, 9.17) is 9.47 Å². The molecule has 2 aliphatic heterocycles. The summed E-state index contributed by atoms with van der Waals surface area (Å²) in [6, 6.07) is 4.98. The van der Waals surface area contributed by atoms with Crippen molar-refractivity contribution in [1.29, 1.82) is 0 Å². The van der Waals surface area contributed by atoms with E-state index in [-0.39, 0.29) is 18.0 Å². The second-order valence-corrected chi connectivity index (χ2v) is 7.01. The van der Waals surface area contributed by atoms with Crippen LogP contribution in [0.5, 0.6) is 11.5 Å². The zero-order valence-electron chi connectivity index (χ0n) is 15.7. The van der Waals surface area contributed by atoms with Crippen LogP contribution in [0.15, 0.2) is 18.2 Å². The molecular weight excluding hydrogens is 334 g/mol. The summed E-state index contributed by atoms with van der Waals surface area (Å²) < 4.78 is 11.2. The molecule has 2 bridgehead atoms. The third-order valence-electron chi connectivity index (χ3n) is 5.82. The number of amides is 1. The maximum atomic E-state index is 13.2. The predicted octanol–water partition coefficient (Wildman–Crippen LogP) is 3.34. The number of aliphatic carboxylic acids is 1. The van der Waals surface area contributed by atoms with Gasteiger partial charge in [-0.25, -0.2) is 0 Å². The van der Waals surface area contributed by atoms with E-state index >= 15 is 0 Å². The molecule has 6 heteroatoms. The second-order valence-electron chi connectivity index (χ2n) is 7.01. The van der Waals surface area contributed by atoms with E-state index in [2.05, 4.69) is 0 Å². The molecule has 1 aromatic rings. The Balaban J connectivity index is 1.90. The Bertz CT molecular complexity index is 703. The van der Waals surface area contributed by atoms with Gasteiger partial charge in [-0.15, -0.1) is 0 Å². The van der Waals surface area contributed by atoms with E-state index in [9.17, 15) is 14.7 Å². The number of nitrogens with zero attached hydrogens (tertiary/aromatic N) is 1. The molecule has 0 spiro atoms. The Hall–Kier alpha value is -2.24. The van der Waals surface area contributed by atoms with Crippen molar-refractivity contribution in [3.05, 3.63) is 23.8 Å². The molecule has 1 aromatic carbocycles. The van der Waals surface area contributed by atoms with Gasteiger partial charge in [0.05, 0.1) is 18.6 Å². The molecule has 26 heavy (non-hydrogen) atoms. The largest absolute Gasteiger partial charge is 0.490 e. The fourth-order valence-corrected chi connectivity index (χ4v) is 4.58. The van der Waals surface area contributed by atoms with Gasteiger partial charge < -0.3 is 19.5 Å². The Morgan fingerprint density at radius 3 is 2.42 bits per heavy atom. The minimum Gasteiger partial charge on any atom is -0.490 e. The van der Waals surface area contributed by atoms with E-state index < -0.39 is 11.4 Å². The smallest absolute Gasteiger partial charge is 0.311 e. The van der Waals surface area contributed by atoms with Crippen LogP contribution >= 0.6 is 0 Å². The van der Waals surface area contributed by atoms with Gasteiger partial charge in [-0.05, 0) is 57.7 Å². The number of hydrogen-bond acceptors (Lipinski definition) is 4. The van der Waals surface area contributed by atoms with Crippen molar-refractivity contribution in [3.8, 4) is 11.5 Å². The summed E-state index contributed by atoms with van der Waals surface area (Å²) in [5, 5.41) is 9.79. The van der Waals surface area contributed by atoms with Gasteiger partial charge in [-0.3, -0.25) is 9.59 Å². The summed E-state index contributed by atoms with van der Waals surface area (Å²) in [5.74, 6) is 0.264.